The van der Waals surface area contributed by atoms with Gasteiger partial charge in [0.2, 0.25) is 0 Å². The van der Waals surface area contributed by atoms with Crippen LogP contribution in [-0.4, -0.2) is 20.7 Å². The van der Waals surface area contributed by atoms with Gasteiger partial charge in [-0.25, -0.2) is 4.39 Å². The number of rotatable bonds is 4. The predicted octanol–water partition coefficient (Wildman–Crippen LogP) is 2.55. The predicted molar refractivity (Wildman–Crippen MR) is 62.3 cm³/mol. The molecule has 1 aromatic carbocycles. The molecule has 0 bridgehead atoms. The number of halogens is 1. The van der Waals surface area contributed by atoms with Crippen LogP contribution in [0.4, 0.5) is 4.39 Å². The Bertz CT molecular complexity index is 361. The molecule has 0 aliphatic heterocycles. The molecule has 1 N–H and O–H groups in total. The number of ether oxygens (including phenoxy) is 1. The average Bonchev–Trinajstić information content (AvgIpc) is 2.22. The van der Waals surface area contributed by atoms with E-state index in [1.165, 1.54) is 7.11 Å². The largest absolute Gasteiger partial charge is 0.494 e. The zero-order chi connectivity index (χ0) is 11.5. The van der Waals surface area contributed by atoms with E-state index in [0.29, 0.717) is 11.7 Å². The Morgan fingerprint density at radius 1 is 1.44 bits per heavy atom. The lowest BCUT2D eigenvalue weighted by molar-refractivity contribution is 0.258. The van der Waals surface area contributed by atoms with Crippen molar-refractivity contribution in [2.75, 3.05) is 20.7 Å². The fraction of sp³-hybridized carbons (Fsp3) is 0.538. The van der Waals surface area contributed by atoms with Crippen LogP contribution in [0.15, 0.2) is 18.2 Å². The summed E-state index contributed by atoms with van der Waals surface area (Å²) >= 11 is 0. The SMILES string of the molecule is CNCC1CC(c2ccc(OC)c(F)c2)C1. The molecule has 16 heavy (non-hydrogen) atoms. The maximum absolute atomic E-state index is 13.5. The molecule has 0 amide bonds. The van der Waals surface area contributed by atoms with Gasteiger partial charge in [-0.15, -0.1) is 0 Å². The van der Waals surface area contributed by atoms with E-state index in [9.17, 15) is 4.39 Å². The van der Waals surface area contributed by atoms with E-state index in [1.54, 1.807) is 12.1 Å². The van der Waals surface area contributed by atoms with Gasteiger partial charge in [0.15, 0.2) is 11.6 Å². The third-order valence-corrected chi connectivity index (χ3v) is 3.38. The second-order valence-electron chi connectivity index (χ2n) is 4.49. The monoisotopic (exact) mass is 223 g/mol. The lowest BCUT2D eigenvalue weighted by Gasteiger charge is -2.35. The van der Waals surface area contributed by atoms with E-state index in [0.717, 1.165) is 30.9 Å². The quantitative estimate of drug-likeness (QED) is 0.847. The lowest BCUT2D eigenvalue weighted by atomic mass is 9.71. The molecule has 0 radical (unpaired) electrons. The first-order valence-corrected chi connectivity index (χ1v) is 5.72. The maximum Gasteiger partial charge on any atom is 0.165 e. The molecule has 1 saturated carbocycles. The number of benzene rings is 1. The molecule has 0 spiro atoms. The highest BCUT2D eigenvalue weighted by Crippen LogP contribution is 2.41. The van der Waals surface area contributed by atoms with Crippen molar-refractivity contribution in [3.05, 3.63) is 29.6 Å². The highest BCUT2D eigenvalue weighted by atomic mass is 19.1. The Labute approximate surface area is 95.8 Å². The van der Waals surface area contributed by atoms with Crippen molar-refractivity contribution >= 4 is 0 Å². The standard InChI is InChI=1S/C13H18FNO/c1-15-8-9-5-11(6-9)10-3-4-13(16-2)12(14)7-10/h3-4,7,9,11,15H,5-6,8H2,1-2H3. The van der Waals surface area contributed by atoms with Crippen molar-refractivity contribution in [1.29, 1.82) is 0 Å². The van der Waals surface area contributed by atoms with Gasteiger partial charge < -0.3 is 10.1 Å². The molecule has 0 heterocycles. The van der Waals surface area contributed by atoms with Gasteiger partial charge in [-0.05, 0) is 56.0 Å². The molecular weight excluding hydrogens is 205 g/mol. The topological polar surface area (TPSA) is 21.3 Å². The summed E-state index contributed by atoms with van der Waals surface area (Å²) in [6.07, 6.45) is 2.32. The van der Waals surface area contributed by atoms with Crippen LogP contribution in [0, 0.1) is 11.7 Å². The molecule has 1 aromatic rings. The summed E-state index contributed by atoms with van der Waals surface area (Å²) in [6, 6.07) is 5.30. The Morgan fingerprint density at radius 3 is 2.75 bits per heavy atom. The summed E-state index contributed by atoms with van der Waals surface area (Å²) in [5, 5.41) is 3.18. The molecule has 0 atom stereocenters. The second kappa shape index (κ2) is 4.83. The third-order valence-electron chi connectivity index (χ3n) is 3.38. The van der Waals surface area contributed by atoms with Crippen LogP contribution >= 0.6 is 0 Å². The molecule has 3 heteroatoms. The summed E-state index contributed by atoms with van der Waals surface area (Å²) in [6.45, 7) is 1.06. The Hall–Kier alpha value is -1.09. The maximum atomic E-state index is 13.5. The third kappa shape index (κ3) is 2.19. The average molecular weight is 223 g/mol. The van der Waals surface area contributed by atoms with Gasteiger partial charge >= 0.3 is 0 Å². The molecule has 1 fully saturated rings. The van der Waals surface area contributed by atoms with Crippen LogP contribution in [0.5, 0.6) is 5.75 Å². The minimum atomic E-state index is -0.253. The van der Waals surface area contributed by atoms with Gasteiger partial charge in [0, 0.05) is 0 Å². The van der Waals surface area contributed by atoms with Crippen molar-refractivity contribution in [1.82, 2.24) is 5.32 Å². The number of methoxy groups -OCH3 is 1. The van der Waals surface area contributed by atoms with Crippen LogP contribution in [0.3, 0.4) is 0 Å². The summed E-state index contributed by atoms with van der Waals surface area (Å²) < 4.78 is 18.4. The van der Waals surface area contributed by atoms with Gasteiger partial charge in [0.1, 0.15) is 0 Å². The fourth-order valence-corrected chi connectivity index (χ4v) is 2.40. The van der Waals surface area contributed by atoms with E-state index in [-0.39, 0.29) is 5.82 Å². The number of hydrogen-bond acceptors (Lipinski definition) is 2. The van der Waals surface area contributed by atoms with E-state index in [4.69, 9.17) is 4.74 Å². The fourth-order valence-electron chi connectivity index (χ4n) is 2.40. The molecular formula is C13H18FNO. The van der Waals surface area contributed by atoms with Crippen molar-refractivity contribution in [3.63, 3.8) is 0 Å². The molecule has 0 saturated heterocycles. The first-order chi connectivity index (χ1) is 7.74. The Morgan fingerprint density at radius 2 is 2.19 bits per heavy atom. The summed E-state index contributed by atoms with van der Waals surface area (Å²) in [7, 11) is 3.46. The van der Waals surface area contributed by atoms with E-state index >= 15 is 0 Å². The van der Waals surface area contributed by atoms with Crippen molar-refractivity contribution in [2.24, 2.45) is 5.92 Å². The first-order valence-electron chi connectivity index (χ1n) is 5.72. The summed E-state index contributed by atoms with van der Waals surface area (Å²) in [5.74, 6) is 1.35. The molecule has 1 aliphatic rings. The zero-order valence-corrected chi connectivity index (χ0v) is 9.79. The van der Waals surface area contributed by atoms with Gasteiger partial charge in [0.25, 0.3) is 0 Å². The van der Waals surface area contributed by atoms with Crippen LogP contribution < -0.4 is 10.1 Å². The van der Waals surface area contributed by atoms with Crippen LogP contribution in [0.2, 0.25) is 0 Å². The van der Waals surface area contributed by atoms with Crippen molar-refractivity contribution < 1.29 is 9.13 Å². The number of nitrogens with one attached hydrogen (secondary N) is 1. The lowest BCUT2D eigenvalue weighted by Crippen LogP contribution is -2.30. The van der Waals surface area contributed by atoms with E-state index in [1.807, 2.05) is 13.1 Å². The van der Waals surface area contributed by atoms with Crippen LogP contribution in [0.1, 0.15) is 24.3 Å². The van der Waals surface area contributed by atoms with Crippen molar-refractivity contribution in [3.8, 4) is 5.75 Å². The second-order valence-corrected chi connectivity index (χ2v) is 4.49. The molecule has 2 rings (SSSR count). The molecule has 1 aliphatic carbocycles. The zero-order valence-electron chi connectivity index (χ0n) is 9.79. The van der Waals surface area contributed by atoms with Crippen LogP contribution in [0.25, 0.3) is 0 Å². The highest BCUT2D eigenvalue weighted by molar-refractivity contribution is 5.32. The molecule has 2 nitrogen and oxygen atoms in total. The normalized spacial score (nSPS) is 23.9. The smallest absolute Gasteiger partial charge is 0.165 e. The van der Waals surface area contributed by atoms with E-state index in [2.05, 4.69) is 5.32 Å². The summed E-state index contributed by atoms with van der Waals surface area (Å²) in [5.41, 5.74) is 1.10. The van der Waals surface area contributed by atoms with Gasteiger partial charge in [-0.1, -0.05) is 6.07 Å². The highest BCUT2D eigenvalue weighted by Gasteiger charge is 2.29. The van der Waals surface area contributed by atoms with Crippen molar-refractivity contribution in [2.45, 2.75) is 18.8 Å². The molecule has 0 unspecified atom stereocenters. The van der Waals surface area contributed by atoms with E-state index < -0.39 is 0 Å². The number of hydrogen-bond donors (Lipinski definition) is 1. The summed E-state index contributed by atoms with van der Waals surface area (Å²) in [4.78, 5) is 0. The van der Waals surface area contributed by atoms with Gasteiger partial charge in [-0.2, -0.15) is 0 Å². The molecule has 88 valence electrons. The molecule has 0 aromatic heterocycles. The van der Waals surface area contributed by atoms with Gasteiger partial charge in [-0.3, -0.25) is 0 Å². The van der Waals surface area contributed by atoms with Gasteiger partial charge in [0.05, 0.1) is 7.11 Å². The Balaban J connectivity index is 1.99. The van der Waals surface area contributed by atoms with Crippen LogP contribution in [-0.2, 0) is 0 Å². The first kappa shape index (κ1) is 11.4. The minimum Gasteiger partial charge on any atom is -0.494 e. The Kier molecular flexibility index (Phi) is 3.44. The minimum absolute atomic E-state index is 0.253.